The highest BCUT2D eigenvalue weighted by Crippen LogP contribution is 2.16. The Morgan fingerprint density at radius 1 is 1.33 bits per heavy atom. The lowest BCUT2D eigenvalue weighted by Gasteiger charge is -2.11. The van der Waals surface area contributed by atoms with Gasteiger partial charge in [0, 0.05) is 0 Å². The van der Waals surface area contributed by atoms with Gasteiger partial charge in [0.15, 0.2) is 0 Å². The van der Waals surface area contributed by atoms with Gasteiger partial charge in [0.2, 0.25) is 0 Å². The summed E-state index contributed by atoms with van der Waals surface area (Å²) in [6, 6.07) is 0. The molecule has 0 aliphatic rings. The molecule has 0 aromatic heterocycles. The van der Waals surface area contributed by atoms with E-state index < -0.39 is 0 Å². The second-order valence-electron chi connectivity index (χ2n) is 3.37. The van der Waals surface area contributed by atoms with E-state index in [1.807, 2.05) is 13.0 Å². The van der Waals surface area contributed by atoms with Crippen molar-refractivity contribution in [2.45, 2.75) is 27.7 Å². The maximum absolute atomic E-state index is 10.1. The molecule has 0 heterocycles. The molecule has 0 amide bonds. The summed E-state index contributed by atoms with van der Waals surface area (Å²) < 4.78 is 0. The zero-order chi connectivity index (χ0) is 7.49. The average Bonchev–Trinajstić information content (AvgIpc) is 1.62. The summed E-state index contributed by atoms with van der Waals surface area (Å²) in [6.07, 6.45) is 2.84. The molecule has 52 valence electrons. The van der Waals surface area contributed by atoms with Crippen LogP contribution in [0.15, 0.2) is 11.6 Å². The van der Waals surface area contributed by atoms with E-state index in [-0.39, 0.29) is 5.41 Å². The Kier molecular flexibility index (Phi) is 2.63. The lowest BCUT2D eigenvalue weighted by atomic mass is 9.94. The Morgan fingerprint density at radius 2 is 1.78 bits per heavy atom. The summed E-state index contributed by atoms with van der Waals surface area (Å²) in [6.45, 7) is 8.03. The van der Waals surface area contributed by atoms with Gasteiger partial charge in [-0.1, -0.05) is 26.8 Å². The van der Waals surface area contributed by atoms with Gasteiger partial charge < -0.3 is 0 Å². The van der Waals surface area contributed by atoms with Gasteiger partial charge in [-0.25, -0.2) is 0 Å². The highest BCUT2D eigenvalue weighted by molar-refractivity contribution is 5.72. The summed E-state index contributed by atoms with van der Waals surface area (Å²) in [4.78, 5) is 10.1. The van der Waals surface area contributed by atoms with Crippen LogP contribution in [-0.4, -0.2) is 6.29 Å². The van der Waals surface area contributed by atoms with E-state index >= 15 is 0 Å². The molecule has 0 aliphatic heterocycles. The smallest absolute Gasteiger partial charge is 0.145 e. The van der Waals surface area contributed by atoms with Crippen molar-refractivity contribution in [1.82, 2.24) is 0 Å². The minimum Gasteiger partial charge on any atom is -0.298 e. The minimum absolute atomic E-state index is 0.130. The molecule has 0 aromatic carbocycles. The maximum atomic E-state index is 10.1. The van der Waals surface area contributed by atoms with Crippen LogP contribution in [-0.2, 0) is 4.79 Å². The van der Waals surface area contributed by atoms with Gasteiger partial charge in [-0.2, -0.15) is 0 Å². The van der Waals surface area contributed by atoms with Crippen molar-refractivity contribution in [1.29, 1.82) is 0 Å². The van der Waals surface area contributed by atoms with E-state index in [4.69, 9.17) is 0 Å². The molecular formula is C8H14O. The summed E-state index contributed by atoms with van der Waals surface area (Å²) in [5.74, 6) is 0. The molecule has 0 N–H and O–H groups in total. The molecule has 0 fully saturated rings. The SMILES string of the molecule is CC(C=O)=CC(C)(C)C. The second-order valence-corrected chi connectivity index (χ2v) is 3.37. The number of hydrogen-bond donors (Lipinski definition) is 0. The van der Waals surface area contributed by atoms with Crippen LogP contribution >= 0.6 is 0 Å². The van der Waals surface area contributed by atoms with Crippen LogP contribution in [0.5, 0.6) is 0 Å². The fourth-order valence-electron chi connectivity index (χ4n) is 0.717. The topological polar surface area (TPSA) is 17.1 Å². The van der Waals surface area contributed by atoms with E-state index in [9.17, 15) is 4.79 Å². The minimum atomic E-state index is 0.130. The first-order chi connectivity index (χ1) is 3.95. The van der Waals surface area contributed by atoms with Crippen molar-refractivity contribution < 1.29 is 4.79 Å². The van der Waals surface area contributed by atoms with Crippen molar-refractivity contribution in [2.75, 3.05) is 0 Å². The Bertz CT molecular complexity index is 126. The molecule has 0 aliphatic carbocycles. The van der Waals surface area contributed by atoms with Gasteiger partial charge in [-0.05, 0) is 17.9 Å². The molecule has 0 unspecified atom stereocenters. The van der Waals surface area contributed by atoms with Gasteiger partial charge in [0.05, 0.1) is 0 Å². The quantitative estimate of drug-likeness (QED) is 0.389. The summed E-state index contributed by atoms with van der Waals surface area (Å²) in [5.41, 5.74) is 0.938. The zero-order valence-corrected chi connectivity index (χ0v) is 6.56. The Labute approximate surface area is 56.8 Å². The van der Waals surface area contributed by atoms with E-state index in [1.54, 1.807) is 0 Å². The summed E-state index contributed by atoms with van der Waals surface area (Å²) >= 11 is 0. The Morgan fingerprint density at radius 3 is 1.89 bits per heavy atom. The van der Waals surface area contributed by atoms with Crippen LogP contribution in [0.2, 0.25) is 0 Å². The third-order valence-electron chi connectivity index (χ3n) is 0.847. The number of allylic oxidation sites excluding steroid dienone is 2. The van der Waals surface area contributed by atoms with Crippen LogP contribution in [0.4, 0.5) is 0 Å². The summed E-state index contributed by atoms with van der Waals surface area (Å²) in [7, 11) is 0. The van der Waals surface area contributed by atoms with Crippen LogP contribution in [0, 0.1) is 5.41 Å². The third-order valence-corrected chi connectivity index (χ3v) is 0.847. The molecule has 0 radical (unpaired) electrons. The third kappa shape index (κ3) is 5.28. The van der Waals surface area contributed by atoms with E-state index in [2.05, 4.69) is 20.8 Å². The van der Waals surface area contributed by atoms with E-state index in [0.29, 0.717) is 0 Å². The lowest BCUT2D eigenvalue weighted by Crippen LogP contribution is -2.00. The van der Waals surface area contributed by atoms with Gasteiger partial charge in [-0.3, -0.25) is 4.79 Å². The molecule has 0 atom stereocenters. The van der Waals surface area contributed by atoms with Crippen molar-refractivity contribution in [2.24, 2.45) is 5.41 Å². The van der Waals surface area contributed by atoms with Gasteiger partial charge in [-0.15, -0.1) is 0 Å². The molecule has 1 heteroatoms. The van der Waals surface area contributed by atoms with Gasteiger partial charge in [0.25, 0.3) is 0 Å². The Balaban J connectivity index is 4.11. The molecule has 1 nitrogen and oxygen atoms in total. The molecule has 0 rings (SSSR count). The molecule has 0 saturated carbocycles. The predicted octanol–water partition coefficient (Wildman–Crippen LogP) is 2.18. The van der Waals surface area contributed by atoms with Gasteiger partial charge in [0.1, 0.15) is 6.29 Å². The molecule has 0 aromatic rings. The fraction of sp³-hybridized carbons (Fsp3) is 0.625. The van der Waals surface area contributed by atoms with Crippen molar-refractivity contribution in [3.8, 4) is 0 Å². The number of aldehydes is 1. The van der Waals surface area contributed by atoms with Crippen LogP contribution < -0.4 is 0 Å². The molecular weight excluding hydrogens is 112 g/mol. The lowest BCUT2D eigenvalue weighted by molar-refractivity contribution is -0.104. The standard InChI is InChI=1S/C8H14O/c1-7(6-9)5-8(2,3)4/h5-6H,1-4H3. The van der Waals surface area contributed by atoms with E-state index in [1.165, 1.54) is 0 Å². The largest absolute Gasteiger partial charge is 0.298 e. The van der Waals surface area contributed by atoms with Crippen LogP contribution in [0.25, 0.3) is 0 Å². The normalized spacial score (nSPS) is 13.6. The van der Waals surface area contributed by atoms with Gasteiger partial charge >= 0.3 is 0 Å². The first-order valence-electron chi connectivity index (χ1n) is 3.10. The van der Waals surface area contributed by atoms with E-state index in [0.717, 1.165) is 11.9 Å². The zero-order valence-electron chi connectivity index (χ0n) is 6.56. The fourth-order valence-corrected chi connectivity index (χ4v) is 0.717. The number of carbonyl (C=O) groups is 1. The average molecular weight is 126 g/mol. The number of carbonyl (C=O) groups excluding carboxylic acids is 1. The number of rotatable bonds is 1. The number of hydrogen-bond acceptors (Lipinski definition) is 1. The second kappa shape index (κ2) is 2.81. The Hall–Kier alpha value is -0.590. The predicted molar refractivity (Wildman–Crippen MR) is 39.3 cm³/mol. The first-order valence-corrected chi connectivity index (χ1v) is 3.10. The van der Waals surface area contributed by atoms with Crippen molar-refractivity contribution in [3.63, 3.8) is 0 Å². The molecule has 0 saturated heterocycles. The highest BCUT2D eigenvalue weighted by atomic mass is 16.1. The monoisotopic (exact) mass is 126 g/mol. The molecule has 0 spiro atoms. The highest BCUT2D eigenvalue weighted by Gasteiger charge is 2.04. The first kappa shape index (κ1) is 8.41. The molecule has 0 bridgehead atoms. The van der Waals surface area contributed by atoms with Crippen LogP contribution in [0.1, 0.15) is 27.7 Å². The maximum Gasteiger partial charge on any atom is 0.145 e. The van der Waals surface area contributed by atoms with Crippen molar-refractivity contribution >= 4 is 6.29 Å². The van der Waals surface area contributed by atoms with Crippen LogP contribution in [0.3, 0.4) is 0 Å². The van der Waals surface area contributed by atoms with Crippen molar-refractivity contribution in [3.05, 3.63) is 11.6 Å². The molecule has 9 heavy (non-hydrogen) atoms. The summed E-state index contributed by atoms with van der Waals surface area (Å²) in [5, 5.41) is 0.